The summed E-state index contributed by atoms with van der Waals surface area (Å²) in [6, 6.07) is 6.33. The van der Waals surface area contributed by atoms with Crippen LogP contribution >= 0.6 is 0 Å². The Labute approximate surface area is 167 Å². The lowest BCUT2D eigenvalue weighted by atomic mass is 10.0. The van der Waals surface area contributed by atoms with E-state index in [-0.39, 0.29) is 18.1 Å². The molecule has 0 saturated carbocycles. The second-order valence-electron chi connectivity index (χ2n) is 7.60. The first-order valence-electron chi connectivity index (χ1n) is 9.95. The van der Waals surface area contributed by atoms with Gasteiger partial charge in [0.15, 0.2) is 5.82 Å². The number of fused-ring (bicyclic) bond motifs is 1. The molecular formula is C20H23N5O4. The van der Waals surface area contributed by atoms with Crippen molar-refractivity contribution >= 4 is 17.0 Å². The third kappa shape index (κ3) is 3.35. The Bertz CT molecular complexity index is 1020. The Morgan fingerprint density at radius 1 is 1.24 bits per heavy atom. The van der Waals surface area contributed by atoms with Crippen molar-refractivity contribution < 1.29 is 18.8 Å². The first-order chi connectivity index (χ1) is 14.2. The van der Waals surface area contributed by atoms with Gasteiger partial charge in [0.2, 0.25) is 0 Å². The van der Waals surface area contributed by atoms with Crippen LogP contribution in [0.3, 0.4) is 0 Å². The molecule has 1 unspecified atom stereocenters. The smallest absolute Gasteiger partial charge is 0.409 e. The number of carbonyl (C=O) groups excluding carboxylic acids is 1. The van der Waals surface area contributed by atoms with Crippen LogP contribution in [0.5, 0.6) is 0 Å². The molecule has 29 heavy (non-hydrogen) atoms. The van der Waals surface area contributed by atoms with Crippen molar-refractivity contribution in [3.63, 3.8) is 0 Å². The van der Waals surface area contributed by atoms with Gasteiger partial charge in [-0.15, -0.1) is 0 Å². The van der Waals surface area contributed by atoms with Gasteiger partial charge in [0, 0.05) is 30.0 Å². The fourth-order valence-corrected chi connectivity index (χ4v) is 4.01. The third-order valence-electron chi connectivity index (χ3n) is 5.78. The van der Waals surface area contributed by atoms with E-state index in [4.69, 9.17) is 14.0 Å². The topological polar surface area (TPSA) is 95.5 Å². The second kappa shape index (κ2) is 7.47. The molecule has 0 bridgehead atoms. The average molecular weight is 397 g/mol. The van der Waals surface area contributed by atoms with Gasteiger partial charge >= 0.3 is 6.09 Å². The molecule has 3 aromatic rings. The molecule has 2 fully saturated rings. The molecule has 0 aliphatic carbocycles. The lowest BCUT2D eigenvalue weighted by Crippen LogP contribution is -2.31. The van der Waals surface area contributed by atoms with Crippen LogP contribution in [0.25, 0.3) is 22.4 Å². The predicted octanol–water partition coefficient (Wildman–Crippen LogP) is 2.99. The molecule has 0 spiro atoms. The zero-order valence-corrected chi connectivity index (χ0v) is 16.3. The van der Waals surface area contributed by atoms with E-state index < -0.39 is 0 Å². The summed E-state index contributed by atoms with van der Waals surface area (Å²) in [4.78, 5) is 18.2. The number of nitrogens with zero attached hydrogens (tertiary/aromatic N) is 5. The number of ether oxygens (including phenoxy) is 2. The van der Waals surface area contributed by atoms with Gasteiger partial charge in [-0.2, -0.15) is 10.1 Å². The van der Waals surface area contributed by atoms with Crippen molar-refractivity contribution in [1.82, 2.24) is 24.8 Å². The summed E-state index contributed by atoms with van der Waals surface area (Å²) in [6.07, 6.45) is 4.19. The first-order valence-corrected chi connectivity index (χ1v) is 9.95. The van der Waals surface area contributed by atoms with E-state index in [1.165, 1.54) is 7.11 Å². The minimum atomic E-state index is -0.277. The molecule has 0 N–H and O–H groups in total. The number of methoxy groups -OCH3 is 1. The number of rotatable bonds is 3. The van der Waals surface area contributed by atoms with Crippen LogP contribution < -0.4 is 0 Å². The third-order valence-corrected chi connectivity index (χ3v) is 5.78. The Balaban J connectivity index is 1.36. The van der Waals surface area contributed by atoms with Crippen LogP contribution in [-0.2, 0) is 9.47 Å². The number of amides is 1. The quantitative estimate of drug-likeness (QED) is 0.670. The summed E-state index contributed by atoms with van der Waals surface area (Å²) < 4.78 is 17.7. The highest BCUT2D eigenvalue weighted by Crippen LogP contribution is 2.30. The van der Waals surface area contributed by atoms with Gasteiger partial charge in [0.1, 0.15) is 0 Å². The van der Waals surface area contributed by atoms with Crippen LogP contribution in [0.2, 0.25) is 0 Å². The van der Waals surface area contributed by atoms with Gasteiger partial charge < -0.3 is 18.9 Å². The maximum absolute atomic E-state index is 11.8. The summed E-state index contributed by atoms with van der Waals surface area (Å²) >= 11 is 0. The lowest BCUT2D eigenvalue weighted by molar-refractivity contribution is -0.0266. The van der Waals surface area contributed by atoms with Crippen molar-refractivity contribution in [2.75, 3.05) is 33.4 Å². The Kier molecular flexibility index (Phi) is 4.67. The van der Waals surface area contributed by atoms with E-state index >= 15 is 0 Å². The average Bonchev–Trinajstić information content (AvgIpc) is 3.27. The predicted molar refractivity (Wildman–Crippen MR) is 103 cm³/mol. The molecular weight excluding hydrogens is 374 g/mol. The molecule has 2 aliphatic heterocycles. The zero-order chi connectivity index (χ0) is 19.8. The molecule has 1 amide bonds. The van der Waals surface area contributed by atoms with E-state index in [1.54, 1.807) is 4.90 Å². The van der Waals surface area contributed by atoms with Crippen LogP contribution in [0.15, 0.2) is 28.9 Å². The van der Waals surface area contributed by atoms with Crippen LogP contribution in [-0.4, -0.2) is 64.3 Å². The summed E-state index contributed by atoms with van der Waals surface area (Å²) in [5.41, 5.74) is 1.92. The molecule has 4 heterocycles. The number of hydrogen-bond donors (Lipinski definition) is 0. The fraction of sp³-hybridized carbons (Fsp3) is 0.500. The highest BCUT2D eigenvalue weighted by molar-refractivity contribution is 5.83. The van der Waals surface area contributed by atoms with Crippen LogP contribution in [0.4, 0.5) is 4.79 Å². The van der Waals surface area contributed by atoms with Gasteiger partial charge in [-0.25, -0.2) is 4.79 Å². The van der Waals surface area contributed by atoms with Crippen LogP contribution in [0.1, 0.15) is 37.0 Å². The second-order valence-corrected chi connectivity index (χ2v) is 7.60. The summed E-state index contributed by atoms with van der Waals surface area (Å²) in [5.74, 6) is 1.38. The molecule has 2 aromatic heterocycles. The summed E-state index contributed by atoms with van der Waals surface area (Å²) in [7, 11) is 1.41. The number of benzene rings is 1. The molecule has 1 aromatic carbocycles. The Morgan fingerprint density at radius 3 is 2.93 bits per heavy atom. The van der Waals surface area contributed by atoms with Crippen LogP contribution in [0, 0.1) is 0 Å². The normalized spacial score (nSPS) is 20.4. The highest BCUT2D eigenvalue weighted by atomic mass is 16.5. The fourth-order valence-electron chi connectivity index (χ4n) is 4.01. The van der Waals surface area contributed by atoms with E-state index in [0.29, 0.717) is 38.0 Å². The van der Waals surface area contributed by atoms with Gasteiger partial charge in [0.05, 0.1) is 38.1 Å². The first kappa shape index (κ1) is 18.1. The number of aromatic nitrogens is 4. The van der Waals surface area contributed by atoms with Gasteiger partial charge in [0.25, 0.3) is 5.89 Å². The minimum Gasteiger partial charge on any atom is -0.453 e. The largest absolute Gasteiger partial charge is 0.453 e. The molecule has 0 radical (unpaired) electrons. The van der Waals surface area contributed by atoms with Crippen molar-refractivity contribution in [1.29, 1.82) is 0 Å². The lowest BCUT2D eigenvalue weighted by Gasteiger charge is -2.26. The molecule has 9 heteroatoms. The Morgan fingerprint density at radius 2 is 2.14 bits per heavy atom. The standard InChI is InChI=1S/C20H23N5O4/c1-27-20(26)24-7-2-3-13(6-8-24)18-22-19(29-23-18)14-4-5-15-10-21-25(17(15)9-14)16-11-28-12-16/h4-5,9-10,13,16H,2-3,6-8,11-12H2,1H3. The molecule has 152 valence electrons. The maximum Gasteiger partial charge on any atom is 0.409 e. The van der Waals surface area contributed by atoms with Crippen molar-refractivity contribution in [2.24, 2.45) is 0 Å². The molecule has 9 nitrogen and oxygen atoms in total. The number of hydrogen-bond acceptors (Lipinski definition) is 7. The van der Waals surface area contributed by atoms with Gasteiger partial charge in [-0.1, -0.05) is 11.2 Å². The highest BCUT2D eigenvalue weighted by Gasteiger charge is 2.26. The van der Waals surface area contributed by atoms with E-state index in [1.807, 2.05) is 29.1 Å². The summed E-state index contributed by atoms with van der Waals surface area (Å²) in [6.45, 7) is 2.71. The zero-order valence-electron chi connectivity index (χ0n) is 16.3. The molecule has 2 saturated heterocycles. The Hall–Kier alpha value is -2.94. The van der Waals surface area contributed by atoms with Crippen molar-refractivity contribution in [3.8, 4) is 11.5 Å². The number of carbonyl (C=O) groups is 1. The summed E-state index contributed by atoms with van der Waals surface area (Å²) in [5, 5.41) is 9.81. The van der Waals surface area contributed by atoms with E-state index in [2.05, 4.69) is 15.2 Å². The van der Waals surface area contributed by atoms with Crippen molar-refractivity contribution in [3.05, 3.63) is 30.2 Å². The minimum absolute atomic E-state index is 0.170. The van der Waals surface area contributed by atoms with E-state index in [9.17, 15) is 4.79 Å². The monoisotopic (exact) mass is 397 g/mol. The SMILES string of the molecule is COC(=O)N1CCCC(c2noc(-c3ccc4cnn(C5COC5)c4c3)n2)CC1. The van der Waals surface area contributed by atoms with Crippen molar-refractivity contribution in [2.45, 2.75) is 31.2 Å². The van der Waals surface area contributed by atoms with E-state index in [0.717, 1.165) is 35.7 Å². The van der Waals surface area contributed by atoms with Gasteiger partial charge in [-0.05, 0) is 31.4 Å². The number of likely N-dealkylation sites (tertiary alicyclic amines) is 1. The molecule has 2 aliphatic rings. The van der Waals surface area contributed by atoms with Gasteiger partial charge in [-0.3, -0.25) is 4.68 Å². The molecule has 5 rings (SSSR count). The molecule has 1 atom stereocenters. The maximum atomic E-state index is 11.8.